The van der Waals surface area contributed by atoms with Gasteiger partial charge < -0.3 is 9.72 Å². The Kier molecular flexibility index (Phi) is 2.99. The molecule has 0 fully saturated rings. The summed E-state index contributed by atoms with van der Waals surface area (Å²) in [5.74, 6) is -0.112. The predicted octanol–water partition coefficient (Wildman–Crippen LogP) is 3.20. The Balaban J connectivity index is 1.91. The van der Waals surface area contributed by atoms with Gasteiger partial charge in [0.05, 0.1) is 11.4 Å². The van der Waals surface area contributed by atoms with Crippen molar-refractivity contribution in [3.05, 3.63) is 65.6 Å². The van der Waals surface area contributed by atoms with Gasteiger partial charge in [-0.3, -0.25) is 4.79 Å². The van der Waals surface area contributed by atoms with Crippen molar-refractivity contribution in [1.82, 2.24) is 9.38 Å². The Morgan fingerprint density at radius 1 is 1.10 bits per heavy atom. The largest absolute Gasteiger partial charge is 0.321 e. The number of pyridine rings is 1. The highest BCUT2D eigenvalue weighted by Crippen LogP contribution is 2.16. The van der Waals surface area contributed by atoms with Crippen LogP contribution in [-0.4, -0.2) is 15.3 Å². The van der Waals surface area contributed by atoms with Gasteiger partial charge in [0.15, 0.2) is 0 Å². The molecule has 0 saturated carbocycles. The van der Waals surface area contributed by atoms with Crippen molar-refractivity contribution in [2.75, 3.05) is 5.32 Å². The molecular weight excluding hydrogens is 250 g/mol. The molecule has 1 aromatic carbocycles. The number of carbonyl (C=O) groups is 1. The summed E-state index contributed by atoms with van der Waals surface area (Å²) in [6.45, 7) is 3.99. The van der Waals surface area contributed by atoms with Gasteiger partial charge in [-0.05, 0) is 38.1 Å². The van der Waals surface area contributed by atoms with Crippen LogP contribution in [0.1, 0.15) is 21.7 Å². The molecule has 0 aliphatic heterocycles. The fourth-order valence-electron chi connectivity index (χ4n) is 2.15. The third-order valence-electron chi connectivity index (χ3n) is 3.39. The molecule has 0 aliphatic carbocycles. The van der Waals surface area contributed by atoms with E-state index in [0.717, 1.165) is 22.7 Å². The Labute approximate surface area is 117 Å². The second kappa shape index (κ2) is 4.81. The van der Waals surface area contributed by atoms with Crippen LogP contribution in [0.2, 0.25) is 0 Å². The minimum Gasteiger partial charge on any atom is -0.321 e. The molecule has 0 atom stereocenters. The van der Waals surface area contributed by atoms with E-state index >= 15 is 0 Å². The molecule has 1 amide bonds. The lowest BCUT2D eigenvalue weighted by molar-refractivity contribution is 0.102. The zero-order valence-corrected chi connectivity index (χ0v) is 11.4. The fourth-order valence-corrected chi connectivity index (χ4v) is 2.15. The summed E-state index contributed by atoms with van der Waals surface area (Å²) in [7, 11) is 0. The summed E-state index contributed by atoms with van der Waals surface area (Å²) >= 11 is 0. The number of aryl methyl sites for hydroxylation is 2. The minimum absolute atomic E-state index is 0.112. The van der Waals surface area contributed by atoms with E-state index in [1.54, 1.807) is 12.1 Å². The van der Waals surface area contributed by atoms with E-state index in [2.05, 4.69) is 10.3 Å². The maximum Gasteiger partial charge on any atom is 0.255 e. The Bertz CT molecular complexity index is 775. The van der Waals surface area contributed by atoms with E-state index in [1.165, 1.54) is 0 Å². The average molecular weight is 265 g/mol. The summed E-state index contributed by atoms with van der Waals surface area (Å²) in [6, 6.07) is 12.9. The monoisotopic (exact) mass is 265 g/mol. The lowest BCUT2D eigenvalue weighted by Gasteiger charge is -2.06. The van der Waals surface area contributed by atoms with Gasteiger partial charge in [0.1, 0.15) is 5.65 Å². The first-order valence-corrected chi connectivity index (χ1v) is 6.47. The number of hydrogen-bond acceptors (Lipinski definition) is 2. The molecule has 0 radical (unpaired) electrons. The molecule has 0 spiro atoms. The van der Waals surface area contributed by atoms with Gasteiger partial charge in [-0.25, -0.2) is 4.98 Å². The molecule has 100 valence electrons. The van der Waals surface area contributed by atoms with Gasteiger partial charge in [-0.2, -0.15) is 0 Å². The first-order valence-electron chi connectivity index (χ1n) is 6.47. The molecule has 0 bridgehead atoms. The number of amides is 1. The van der Waals surface area contributed by atoms with E-state index in [-0.39, 0.29) is 5.91 Å². The summed E-state index contributed by atoms with van der Waals surface area (Å²) < 4.78 is 1.98. The number of fused-ring (bicyclic) bond motifs is 1. The summed E-state index contributed by atoms with van der Waals surface area (Å²) in [4.78, 5) is 16.5. The number of hydrogen-bond donors (Lipinski definition) is 1. The molecule has 2 heterocycles. The van der Waals surface area contributed by atoms with Crippen LogP contribution in [0.3, 0.4) is 0 Å². The first-order chi connectivity index (χ1) is 9.65. The maximum absolute atomic E-state index is 12.1. The average Bonchev–Trinajstić information content (AvgIpc) is 2.75. The summed E-state index contributed by atoms with van der Waals surface area (Å²) in [6.07, 6.45) is 1.89. The van der Waals surface area contributed by atoms with Gasteiger partial charge in [0, 0.05) is 17.5 Å². The summed E-state index contributed by atoms with van der Waals surface area (Å²) in [5.41, 5.74) is 4.36. The van der Waals surface area contributed by atoms with Gasteiger partial charge in [0.2, 0.25) is 0 Å². The molecule has 20 heavy (non-hydrogen) atoms. The zero-order chi connectivity index (χ0) is 14.1. The normalized spacial score (nSPS) is 10.7. The van der Waals surface area contributed by atoms with E-state index in [0.29, 0.717) is 5.56 Å². The minimum atomic E-state index is -0.112. The lowest BCUT2D eigenvalue weighted by atomic mass is 10.2. The number of nitrogens with zero attached hydrogens (tertiary/aromatic N) is 2. The van der Waals surface area contributed by atoms with Crippen LogP contribution in [0.5, 0.6) is 0 Å². The molecule has 2 aromatic heterocycles. The lowest BCUT2D eigenvalue weighted by Crippen LogP contribution is -2.12. The van der Waals surface area contributed by atoms with Crippen molar-refractivity contribution in [3.63, 3.8) is 0 Å². The van der Waals surface area contributed by atoms with Crippen LogP contribution in [0, 0.1) is 13.8 Å². The predicted molar refractivity (Wildman–Crippen MR) is 79.1 cm³/mol. The Morgan fingerprint density at radius 3 is 2.60 bits per heavy atom. The molecule has 3 rings (SSSR count). The van der Waals surface area contributed by atoms with Crippen LogP contribution in [0.15, 0.2) is 48.7 Å². The Morgan fingerprint density at radius 2 is 1.85 bits per heavy atom. The molecule has 0 aliphatic rings. The van der Waals surface area contributed by atoms with Crippen molar-refractivity contribution < 1.29 is 4.79 Å². The van der Waals surface area contributed by atoms with Crippen LogP contribution in [0.4, 0.5) is 5.69 Å². The topological polar surface area (TPSA) is 46.4 Å². The highest BCUT2D eigenvalue weighted by Gasteiger charge is 2.08. The first kappa shape index (κ1) is 12.4. The fraction of sp³-hybridized carbons (Fsp3) is 0.125. The van der Waals surface area contributed by atoms with Gasteiger partial charge in [-0.15, -0.1) is 0 Å². The van der Waals surface area contributed by atoms with Gasteiger partial charge in [0.25, 0.3) is 5.91 Å². The highest BCUT2D eigenvalue weighted by atomic mass is 16.1. The number of anilines is 1. The number of imidazole rings is 1. The third-order valence-corrected chi connectivity index (χ3v) is 3.39. The Hall–Kier alpha value is -2.62. The molecule has 4 heteroatoms. The number of carbonyl (C=O) groups excluding carboxylic acids is 1. The van der Waals surface area contributed by atoms with Crippen LogP contribution < -0.4 is 5.32 Å². The molecule has 1 N–H and O–H groups in total. The third kappa shape index (κ3) is 2.16. The van der Waals surface area contributed by atoms with Crippen molar-refractivity contribution in [1.29, 1.82) is 0 Å². The maximum atomic E-state index is 12.1. The van der Waals surface area contributed by atoms with E-state index < -0.39 is 0 Å². The standard InChI is InChI=1S/C16H15N3O/c1-11-12(2)19-10-14(8-9-15(19)17-11)18-16(20)13-6-4-3-5-7-13/h3-10H,1-2H3,(H,18,20). The van der Waals surface area contributed by atoms with Gasteiger partial charge >= 0.3 is 0 Å². The van der Waals surface area contributed by atoms with Crippen molar-refractivity contribution >= 4 is 17.2 Å². The van der Waals surface area contributed by atoms with Crippen molar-refractivity contribution in [2.24, 2.45) is 0 Å². The molecule has 4 nitrogen and oxygen atoms in total. The highest BCUT2D eigenvalue weighted by molar-refractivity contribution is 6.04. The molecule has 0 saturated heterocycles. The number of rotatable bonds is 2. The van der Waals surface area contributed by atoms with Gasteiger partial charge in [-0.1, -0.05) is 18.2 Å². The number of nitrogens with one attached hydrogen (secondary N) is 1. The van der Waals surface area contributed by atoms with Crippen LogP contribution in [-0.2, 0) is 0 Å². The van der Waals surface area contributed by atoms with Crippen LogP contribution in [0.25, 0.3) is 5.65 Å². The number of benzene rings is 1. The SMILES string of the molecule is Cc1nc2ccc(NC(=O)c3ccccc3)cn2c1C. The molecule has 0 unspecified atom stereocenters. The van der Waals surface area contributed by atoms with E-state index in [9.17, 15) is 4.79 Å². The van der Waals surface area contributed by atoms with Crippen molar-refractivity contribution in [2.45, 2.75) is 13.8 Å². The summed E-state index contributed by atoms with van der Waals surface area (Å²) in [5, 5.41) is 2.90. The van der Waals surface area contributed by atoms with E-state index in [1.807, 2.05) is 54.8 Å². The number of aromatic nitrogens is 2. The van der Waals surface area contributed by atoms with Crippen LogP contribution >= 0.6 is 0 Å². The zero-order valence-electron chi connectivity index (χ0n) is 11.4. The molecule has 3 aromatic rings. The second-order valence-electron chi connectivity index (χ2n) is 4.75. The smallest absolute Gasteiger partial charge is 0.255 e. The second-order valence-corrected chi connectivity index (χ2v) is 4.75. The molecular formula is C16H15N3O. The van der Waals surface area contributed by atoms with Crippen molar-refractivity contribution in [3.8, 4) is 0 Å². The quantitative estimate of drug-likeness (QED) is 0.773. The van der Waals surface area contributed by atoms with E-state index in [4.69, 9.17) is 0 Å².